The van der Waals surface area contributed by atoms with Gasteiger partial charge in [0.1, 0.15) is 11.6 Å². The van der Waals surface area contributed by atoms with Gasteiger partial charge >= 0.3 is 0 Å². The van der Waals surface area contributed by atoms with Gasteiger partial charge in [-0.15, -0.1) is 0 Å². The topological polar surface area (TPSA) is 12.0 Å². The summed E-state index contributed by atoms with van der Waals surface area (Å²) in [7, 11) is 0. The van der Waals surface area contributed by atoms with E-state index >= 15 is 0 Å². The van der Waals surface area contributed by atoms with Crippen LogP contribution in [0, 0.1) is 11.6 Å². The zero-order chi connectivity index (χ0) is 13.0. The molecule has 2 rings (SSSR count). The monoisotopic (exact) mass is 247 g/mol. The lowest BCUT2D eigenvalue weighted by Gasteiger charge is -2.11. The van der Waals surface area contributed by atoms with Crippen molar-refractivity contribution in [2.24, 2.45) is 0 Å². The van der Waals surface area contributed by atoms with Crippen LogP contribution in [-0.2, 0) is 6.54 Å². The molecular formula is C15H15F2N. The van der Waals surface area contributed by atoms with Crippen LogP contribution < -0.4 is 5.32 Å². The molecule has 0 heterocycles. The summed E-state index contributed by atoms with van der Waals surface area (Å²) in [5.41, 5.74) is 2.00. The highest BCUT2D eigenvalue weighted by Crippen LogP contribution is 2.26. The number of benzene rings is 2. The van der Waals surface area contributed by atoms with Crippen molar-refractivity contribution in [2.75, 3.05) is 6.54 Å². The van der Waals surface area contributed by atoms with E-state index in [9.17, 15) is 8.78 Å². The Morgan fingerprint density at radius 1 is 1.00 bits per heavy atom. The summed E-state index contributed by atoms with van der Waals surface area (Å²) in [6.07, 6.45) is 0. The van der Waals surface area contributed by atoms with Crippen LogP contribution in [0.5, 0.6) is 0 Å². The Morgan fingerprint density at radius 2 is 1.78 bits per heavy atom. The van der Waals surface area contributed by atoms with E-state index in [2.05, 4.69) is 5.32 Å². The minimum Gasteiger partial charge on any atom is -0.313 e. The number of halogens is 2. The molecule has 2 aromatic carbocycles. The normalized spacial score (nSPS) is 10.6. The van der Waals surface area contributed by atoms with Crippen LogP contribution in [0.1, 0.15) is 12.5 Å². The van der Waals surface area contributed by atoms with Crippen molar-refractivity contribution in [2.45, 2.75) is 13.5 Å². The Bertz CT molecular complexity index is 538. The van der Waals surface area contributed by atoms with Gasteiger partial charge in [-0.3, -0.25) is 0 Å². The predicted octanol–water partition coefficient (Wildman–Crippen LogP) is 3.74. The summed E-state index contributed by atoms with van der Waals surface area (Å²) in [6, 6.07) is 11.0. The molecule has 0 amide bonds. The van der Waals surface area contributed by atoms with Gasteiger partial charge in [0.25, 0.3) is 0 Å². The highest BCUT2D eigenvalue weighted by atomic mass is 19.1. The fraction of sp³-hybridized carbons (Fsp3) is 0.200. The summed E-state index contributed by atoms with van der Waals surface area (Å²) < 4.78 is 27.0. The van der Waals surface area contributed by atoms with Crippen molar-refractivity contribution < 1.29 is 8.78 Å². The van der Waals surface area contributed by atoms with Crippen LogP contribution in [0.2, 0.25) is 0 Å². The van der Waals surface area contributed by atoms with Gasteiger partial charge in [0.2, 0.25) is 0 Å². The number of hydrogen-bond acceptors (Lipinski definition) is 1. The van der Waals surface area contributed by atoms with E-state index in [0.29, 0.717) is 12.1 Å². The molecule has 2 aromatic rings. The summed E-state index contributed by atoms with van der Waals surface area (Å²) in [4.78, 5) is 0. The first-order chi connectivity index (χ1) is 8.72. The third-order valence-corrected chi connectivity index (χ3v) is 2.80. The standard InChI is InChI=1S/C15H15F2N/c1-2-18-10-11-9-12(16)7-8-13(11)14-5-3-4-6-15(14)17/h3-9,18H,2,10H2,1H3. The van der Waals surface area contributed by atoms with Crippen LogP contribution in [0.25, 0.3) is 11.1 Å². The Kier molecular flexibility index (Phi) is 4.05. The smallest absolute Gasteiger partial charge is 0.131 e. The number of nitrogens with one attached hydrogen (secondary N) is 1. The lowest BCUT2D eigenvalue weighted by molar-refractivity contribution is 0.620. The van der Waals surface area contributed by atoms with E-state index < -0.39 is 0 Å². The Balaban J connectivity index is 2.46. The maximum Gasteiger partial charge on any atom is 0.131 e. The van der Waals surface area contributed by atoms with Crippen LogP contribution >= 0.6 is 0 Å². The summed E-state index contributed by atoms with van der Waals surface area (Å²) in [5.74, 6) is -0.593. The van der Waals surface area contributed by atoms with Crippen LogP contribution in [0.3, 0.4) is 0 Å². The zero-order valence-corrected chi connectivity index (χ0v) is 10.2. The van der Waals surface area contributed by atoms with Gasteiger partial charge in [0, 0.05) is 12.1 Å². The third kappa shape index (κ3) is 2.74. The molecule has 0 unspecified atom stereocenters. The average molecular weight is 247 g/mol. The highest BCUT2D eigenvalue weighted by Gasteiger charge is 2.09. The van der Waals surface area contributed by atoms with Crippen molar-refractivity contribution in [3.63, 3.8) is 0 Å². The third-order valence-electron chi connectivity index (χ3n) is 2.80. The highest BCUT2D eigenvalue weighted by molar-refractivity contribution is 5.67. The molecule has 0 radical (unpaired) electrons. The van der Waals surface area contributed by atoms with E-state index in [1.54, 1.807) is 24.3 Å². The average Bonchev–Trinajstić information content (AvgIpc) is 2.37. The summed E-state index contributed by atoms with van der Waals surface area (Å²) in [6.45, 7) is 3.28. The predicted molar refractivity (Wildman–Crippen MR) is 69.2 cm³/mol. The molecule has 0 saturated heterocycles. The lowest BCUT2D eigenvalue weighted by atomic mass is 9.99. The quantitative estimate of drug-likeness (QED) is 0.867. The summed E-state index contributed by atoms with van der Waals surface area (Å²) in [5, 5.41) is 3.13. The second-order valence-electron chi connectivity index (χ2n) is 4.06. The Labute approximate surface area is 105 Å². The van der Waals surface area contributed by atoms with Crippen LogP contribution in [0.4, 0.5) is 8.78 Å². The zero-order valence-electron chi connectivity index (χ0n) is 10.2. The van der Waals surface area contributed by atoms with Crippen molar-refractivity contribution in [1.29, 1.82) is 0 Å². The molecule has 94 valence electrons. The van der Waals surface area contributed by atoms with Gasteiger partial charge in [-0.2, -0.15) is 0 Å². The van der Waals surface area contributed by atoms with E-state index in [1.165, 1.54) is 18.2 Å². The molecule has 0 aromatic heterocycles. The molecule has 0 saturated carbocycles. The van der Waals surface area contributed by atoms with Crippen molar-refractivity contribution in [1.82, 2.24) is 5.32 Å². The van der Waals surface area contributed by atoms with Gasteiger partial charge in [0.15, 0.2) is 0 Å². The minimum atomic E-state index is -0.303. The van der Waals surface area contributed by atoms with Gasteiger partial charge in [-0.05, 0) is 35.9 Å². The first-order valence-corrected chi connectivity index (χ1v) is 5.96. The Morgan fingerprint density at radius 3 is 2.50 bits per heavy atom. The van der Waals surface area contributed by atoms with E-state index in [0.717, 1.165) is 17.7 Å². The molecule has 18 heavy (non-hydrogen) atoms. The molecule has 3 heteroatoms. The minimum absolute atomic E-state index is 0.290. The van der Waals surface area contributed by atoms with Crippen molar-refractivity contribution >= 4 is 0 Å². The SMILES string of the molecule is CCNCc1cc(F)ccc1-c1ccccc1F. The van der Waals surface area contributed by atoms with Gasteiger partial charge in [0.05, 0.1) is 0 Å². The largest absolute Gasteiger partial charge is 0.313 e. The van der Waals surface area contributed by atoms with Gasteiger partial charge in [-0.1, -0.05) is 31.2 Å². The first kappa shape index (κ1) is 12.7. The molecule has 0 aliphatic rings. The van der Waals surface area contributed by atoms with Crippen LogP contribution in [0.15, 0.2) is 42.5 Å². The second-order valence-corrected chi connectivity index (χ2v) is 4.06. The van der Waals surface area contributed by atoms with E-state index in [1.807, 2.05) is 6.92 Å². The Hall–Kier alpha value is -1.74. The fourth-order valence-electron chi connectivity index (χ4n) is 1.91. The number of hydrogen-bond donors (Lipinski definition) is 1. The molecule has 0 aliphatic heterocycles. The van der Waals surface area contributed by atoms with Crippen molar-refractivity contribution in [3.8, 4) is 11.1 Å². The van der Waals surface area contributed by atoms with Gasteiger partial charge in [-0.25, -0.2) is 8.78 Å². The van der Waals surface area contributed by atoms with Crippen molar-refractivity contribution in [3.05, 3.63) is 59.7 Å². The number of rotatable bonds is 4. The lowest BCUT2D eigenvalue weighted by Crippen LogP contribution is -2.12. The molecule has 0 spiro atoms. The molecule has 0 fully saturated rings. The van der Waals surface area contributed by atoms with Gasteiger partial charge < -0.3 is 5.32 Å². The van der Waals surface area contributed by atoms with Crippen LogP contribution in [-0.4, -0.2) is 6.54 Å². The van der Waals surface area contributed by atoms with E-state index in [4.69, 9.17) is 0 Å². The summed E-state index contributed by atoms with van der Waals surface area (Å²) >= 11 is 0. The first-order valence-electron chi connectivity index (χ1n) is 5.96. The van der Waals surface area contributed by atoms with E-state index in [-0.39, 0.29) is 11.6 Å². The maximum atomic E-state index is 13.8. The molecule has 1 N–H and O–H groups in total. The molecule has 0 bridgehead atoms. The maximum absolute atomic E-state index is 13.8. The molecule has 0 atom stereocenters. The second kappa shape index (κ2) is 5.74. The molecular weight excluding hydrogens is 232 g/mol. The fourth-order valence-corrected chi connectivity index (χ4v) is 1.91. The molecule has 0 aliphatic carbocycles. The molecule has 1 nitrogen and oxygen atoms in total.